The third-order valence-corrected chi connectivity index (χ3v) is 6.89. The van der Waals surface area contributed by atoms with Crippen molar-refractivity contribution in [2.75, 3.05) is 51.5 Å². The zero-order chi connectivity index (χ0) is 22.6. The van der Waals surface area contributed by atoms with E-state index in [1.54, 1.807) is 18.8 Å². The summed E-state index contributed by atoms with van der Waals surface area (Å²) in [4.78, 5) is 27.3. The van der Waals surface area contributed by atoms with Crippen LogP contribution in [0.5, 0.6) is 5.75 Å². The number of rotatable bonds is 7. The van der Waals surface area contributed by atoms with Gasteiger partial charge in [0.15, 0.2) is 0 Å². The summed E-state index contributed by atoms with van der Waals surface area (Å²) < 4.78 is 16.8. The number of anilines is 1. The van der Waals surface area contributed by atoms with Crippen LogP contribution in [-0.2, 0) is 16.0 Å². The van der Waals surface area contributed by atoms with Crippen molar-refractivity contribution in [3.05, 3.63) is 46.4 Å². The number of pyridine rings is 1. The van der Waals surface area contributed by atoms with Gasteiger partial charge in [0.2, 0.25) is 0 Å². The second kappa shape index (κ2) is 10.0. The highest BCUT2D eigenvalue weighted by molar-refractivity contribution is 7.11. The van der Waals surface area contributed by atoms with E-state index in [4.69, 9.17) is 19.2 Å². The van der Waals surface area contributed by atoms with Gasteiger partial charge in [-0.15, -0.1) is 11.3 Å². The molecule has 0 radical (unpaired) electrons. The number of aromatic nitrogens is 2. The molecule has 2 aliphatic heterocycles. The lowest BCUT2D eigenvalue weighted by molar-refractivity contribution is 0.0510. The fraction of sp³-hybridized carbons (Fsp3) is 0.458. The van der Waals surface area contributed by atoms with Crippen molar-refractivity contribution in [2.45, 2.75) is 25.5 Å². The SMILES string of the molecule is COc1ccc2cc(CN(CC3CCCO3)C(=O)c3cncs3)c(N3CCOCC3)nc2c1. The minimum atomic E-state index is -0.0178. The molecule has 0 aliphatic carbocycles. The van der Waals surface area contributed by atoms with Crippen molar-refractivity contribution in [1.29, 1.82) is 0 Å². The maximum Gasteiger partial charge on any atom is 0.265 e. The predicted molar refractivity (Wildman–Crippen MR) is 127 cm³/mol. The molecule has 0 spiro atoms. The van der Waals surface area contributed by atoms with E-state index >= 15 is 0 Å². The van der Waals surface area contributed by atoms with Crippen LogP contribution in [0.3, 0.4) is 0 Å². The highest BCUT2D eigenvalue weighted by Gasteiger charge is 2.27. The molecule has 0 bridgehead atoms. The Morgan fingerprint density at radius 3 is 2.88 bits per heavy atom. The van der Waals surface area contributed by atoms with Crippen molar-refractivity contribution in [3.8, 4) is 5.75 Å². The Labute approximate surface area is 197 Å². The van der Waals surface area contributed by atoms with Crippen molar-refractivity contribution in [1.82, 2.24) is 14.9 Å². The molecule has 2 aromatic heterocycles. The summed E-state index contributed by atoms with van der Waals surface area (Å²) in [6, 6.07) is 8.06. The monoisotopic (exact) mass is 468 g/mol. The van der Waals surface area contributed by atoms with E-state index < -0.39 is 0 Å². The van der Waals surface area contributed by atoms with Crippen LogP contribution in [-0.4, -0.2) is 73.4 Å². The predicted octanol–water partition coefficient (Wildman–Crippen LogP) is 3.36. The van der Waals surface area contributed by atoms with Gasteiger partial charge in [0, 0.05) is 49.8 Å². The number of carbonyl (C=O) groups is 1. The first kappa shape index (κ1) is 22.1. The van der Waals surface area contributed by atoms with Gasteiger partial charge in [-0.2, -0.15) is 0 Å². The van der Waals surface area contributed by atoms with Crippen LogP contribution in [0.4, 0.5) is 5.82 Å². The molecule has 1 aromatic carbocycles. The summed E-state index contributed by atoms with van der Waals surface area (Å²) >= 11 is 1.37. The Bertz CT molecular complexity index is 1100. The number of amides is 1. The fourth-order valence-corrected chi connectivity index (χ4v) is 5.00. The molecule has 4 heterocycles. The lowest BCUT2D eigenvalue weighted by atomic mass is 10.1. The number of methoxy groups -OCH3 is 1. The first-order chi connectivity index (χ1) is 16.2. The van der Waals surface area contributed by atoms with Crippen molar-refractivity contribution in [3.63, 3.8) is 0 Å². The van der Waals surface area contributed by atoms with Crippen LogP contribution in [0, 0.1) is 0 Å². The third-order valence-electron chi connectivity index (χ3n) is 6.13. The molecular formula is C24H28N4O4S. The summed E-state index contributed by atoms with van der Waals surface area (Å²) in [6.07, 6.45) is 3.71. The van der Waals surface area contributed by atoms with Gasteiger partial charge in [-0.3, -0.25) is 9.78 Å². The first-order valence-corrected chi connectivity index (χ1v) is 12.2. The number of hydrogen-bond acceptors (Lipinski definition) is 8. The van der Waals surface area contributed by atoms with Gasteiger partial charge in [0.25, 0.3) is 5.91 Å². The molecule has 8 nitrogen and oxygen atoms in total. The van der Waals surface area contributed by atoms with E-state index in [1.807, 2.05) is 23.1 Å². The summed E-state index contributed by atoms with van der Waals surface area (Å²) in [7, 11) is 1.66. The maximum atomic E-state index is 13.4. The van der Waals surface area contributed by atoms with E-state index in [9.17, 15) is 4.79 Å². The molecule has 9 heteroatoms. The number of hydrogen-bond donors (Lipinski definition) is 0. The number of morpholine rings is 1. The molecule has 2 fully saturated rings. The van der Waals surface area contributed by atoms with Crippen LogP contribution >= 0.6 is 11.3 Å². The molecule has 1 unspecified atom stereocenters. The Morgan fingerprint density at radius 2 is 2.15 bits per heavy atom. The topological polar surface area (TPSA) is 77.0 Å². The van der Waals surface area contributed by atoms with Gasteiger partial charge in [0.1, 0.15) is 16.4 Å². The number of fused-ring (bicyclic) bond motifs is 1. The lowest BCUT2D eigenvalue weighted by Crippen LogP contribution is -2.39. The minimum Gasteiger partial charge on any atom is -0.497 e. The average Bonchev–Trinajstić information content (AvgIpc) is 3.58. The third kappa shape index (κ3) is 4.95. The summed E-state index contributed by atoms with van der Waals surface area (Å²) in [5.74, 6) is 1.65. The number of benzene rings is 1. The van der Waals surface area contributed by atoms with Crippen molar-refractivity contribution < 1.29 is 19.0 Å². The van der Waals surface area contributed by atoms with Gasteiger partial charge in [-0.25, -0.2) is 4.98 Å². The van der Waals surface area contributed by atoms with Crippen molar-refractivity contribution >= 4 is 34.0 Å². The zero-order valence-electron chi connectivity index (χ0n) is 18.7. The van der Waals surface area contributed by atoms with Gasteiger partial charge in [-0.05, 0) is 31.0 Å². The zero-order valence-corrected chi connectivity index (χ0v) is 19.6. The molecule has 174 valence electrons. The van der Waals surface area contributed by atoms with E-state index in [0.29, 0.717) is 31.2 Å². The summed E-state index contributed by atoms with van der Waals surface area (Å²) in [5.41, 5.74) is 3.59. The minimum absolute atomic E-state index is 0.0178. The normalized spacial score (nSPS) is 18.6. The van der Waals surface area contributed by atoms with Gasteiger partial charge in [-0.1, -0.05) is 0 Å². The van der Waals surface area contributed by atoms with E-state index in [-0.39, 0.29) is 12.0 Å². The van der Waals surface area contributed by atoms with Gasteiger partial charge >= 0.3 is 0 Å². The number of thiazole rings is 1. The first-order valence-electron chi connectivity index (χ1n) is 11.3. The Balaban J connectivity index is 1.52. The van der Waals surface area contributed by atoms with E-state index in [2.05, 4.69) is 16.0 Å². The molecule has 1 atom stereocenters. The van der Waals surface area contributed by atoms with E-state index in [0.717, 1.165) is 60.6 Å². The number of carbonyl (C=O) groups excluding carboxylic acids is 1. The lowest BCUT2D eigenvalue weighted by Gasteiger charge is -2.32. The van der Waals surface area contributed by atoms with Crippen molar-refractivity contribution in [2.24, 2.45) is 0 Å². The molecule has 33 heavy (non-hydrogen) atoms. The Morgan fingerprint density at radius 1 is 1.27 bits per heavy atom. The molecule has 0 saturated carbocycles. The molecule has 0 N–H and O–H groups in total. The maximum absolute atomic E-state index is 13.4. The Hall–Kier alpha value is -2.75. The van der Waals surface area contributed by atoms with Crippen LogP contribution in [0.2, 0.25) is 0 Å². The van der Waals surface area contributed by atoms with Gasteiger partial charge in [0.05, 0.1) is 43.7 Å². The highest BCUT2D eigenvalue weighted by atomic mass is 32.1. The number of ether oxygens (including phenoxy) is 3. The number of nitrogens with zero attached hydrogens (tertiary/aromatic N) is 4. The quantitative estimate of drug-likeness (QED) is 0.526. The molecule has 2 aliphatic rings. The molecule has 2 saturated heterocycles. The van der Waals surface area contributed by atoms with Crippen LogP contribution in [0.1, 0.15) is 28.1 Å². The smallest absolute Gasteiger partial charge is 0.265 e. The molecule has 1 amide bonds. The fourth-order valence-electron chi connectivity index (χ4n) is 4.41. The molecule has 3 aromatic rings. The van der Waals surface area contributed by atoms with Gasteiger partial charge < -0.3 is 24.0 Å². The molecular weight excluding hydrogens is 440 g/mol. The standard InChI is InChI=1S/C24H28N4O4S/c1-30-19-5-4-17-11-18(23(26-21(17)12-19)27-6-9-31-10-7-27)14-28(15-20-3-2-8-32-20)24(29)22-13-25-16-33-22/h4-5,11-13,16,20H,2-3,6-10,14-15H2,1H3. The highest BCUT2D eigenvalue weighted by Crippen LogP contribution is 2.29. The van der Waals surface area contributed by atoms with Crippen LogP contribution < -0.4 is 9.64 Å². The second-order valence-corrected chi connectivity index (χ2v) is 9.20. The molecule has 5 rings (SSSR count). The summed E-state index contributed by atoms with van der Waals surface area (Å²) in [5, 5.41) is 1.02. The largest absolute Gasteiger partial charge is 0.497 e. The van der Waals surface area contributed by atoms with Crippen LogP contribution in [0.25, 0.3) is 10.9 Å². The Kier molecular flexibility index (Phi) is 6.70. The second-order valence-electron chi connectivity index (χ2n) is 8.32. The van der Waals surface area contributed by atoms with E-state index in [1.165, 1.54) is 11.3 Å². The summed E-state index contributed by atoms with van der Waals surface area (Å²) in [6.45, 7) is 4.63. The van der Waals surface area contributed by atoms with Crippen LogP contribution in [0.15, 0.2) is 36.0 Å². The average molecular weight is 469 g/mol.